The maximum absolute atomic E-state index is 13.0. The van der Waals surface area contributed by atoms with Crippen LogP contribution in [0.5, 0.6) is 0 Å². The van der Waals surface area contributed by atoms with Crippen LogP contribution in [0.25, 0.3) is 0 Å². The lowest BCUT2D eigenvalue weighted by Gasteiger charge is -2.35. The number of anilines is 1. The van der Waals surface area contributed by atoms with Crippen molar-refractivity contribution in [2.75, 3.05) is 31.1 Å². The highest BCUT2D eigenvalue weighted by Gasteiger charge is 2.27. The number of ether oxygens (including phenoxy) is 1. The second-order valence-electron chi connectivity index (χ2n) is 8.09. The molecule has 0 aliphatic carbocycles. The molecule has 2 saturated heterocycles. The number of hydrogen-bond donors (Lipinski definition) is 1. The van der Waals surface area contributed by atoms with Crippen molar-refractivity contribution in [1.82, 2.24) is 10.2 Å². The molecule has 2 aliphatic rings. The minimum absolute atomic E-state index is 0.0115. The third-order valence-corrected chi connectivity index (χ3v) is 5.76. The zero-order chi connectivity index (χ0) is 20.9. The zero-order valence-corrected chi connectivity index (χ0v) is 17.5. The Morgan fingerprint density at radius 1 is 1.07 bits per heavy atom. The molecule has 0 bridgehead atoms. The molecule has 3 amide bonds. The van der Waals surface area contributed by atoms with Gasteiger partial charge in [0, 0.05) is 44.0 Å². The molecule has 30 heavy (non-hydrogen) atoms. The first-order valence-corrected chi connectivity index (χ1v) is 10.7. The summed E-state index contributed by atoms with van der Waals surface area (Å²) in [6.07, 6.45) is 3.09. The maximum atomic E-state index is 13.0. The molecule has 6 heteroatoms. The van der Waals surface area contributed by atoms with Gasteiger partial charge in [0.2, 0.25) is 0 Å². The summed E-state index contributed by atoms with van der Waals surface area (Å²) in [5.41, 5.74) is 3.77. The van der Waals surface area contributed by atoms with Crippen molar-refractivity contribution in [3.05, 3.63) is 65.2 Å². The zero-order valence-electron chi connectivity index (χ0n) is 17.5. The van der Waals surface area contributed by atoms with Gasteiger partial charge < -0.3 is 15.0 Å². The summed E-state index contributed by atoms with van der Waals surface area (Å²) in [4.78, 5) is 29.1. The fourth-order valence-electron chi connectivity index (χ4n) is 3.99. The van der Waals surface area contributed by atoms with E-state index < -0.39 is 0 Å². The van der Waals surface area contributed by atoms with Crippen LogP contribution in [-0.4, -0.2) is 49.2 Å². The highest BCUT2D eigenvalue weighted by atomic mass is 16.5. The second kappa shape index (κ2) is 9.30. The molecule has 2 aliphatic heterocycles. The third-order valence-electron chi connectivity index (χ3n) is 5.76. The van der Waals surface area contributed by atoms with Gasteiger partial charge in [-0.1, -0.05) is 29.8 Å². The van der Waals surface area contributed by atoms with E-state index in [2.05, 4.69) is 36.5 Å². The van der Waals surface area contributed by atoms with Crippen molar-refractivity contribution in [1.29, 1.82) is 0 Å². The van der Waals surface area contributed by atoms with Crippen LogP contribution in [-0.2, 0) is 11.3 Å². The number of carbonyl (C=O) groups is 2. The van der Waals surface area contributed by atoms with E-state index in [1.54, 1.807) is 17.0 Å². The summed E-state index contributed by atoms with van der Waals surface area (Å²) >= 11 is 0. The Morgan fingerprint density at radius 3 is 2.53 bits per heavy atom. The van der Waals surface area contributed by atoms with Crippen molar-refractivity contribution >= 4 is 17.6 Å². The van der Waals surface area contributed by atoms with Crippen LogP contribution in [0.15, 0.2) is 48.5 Å². The summed E-state index contributed by atoms with van der Waals surface area (Å²) in [6.45, 7) is 5.43. The standard InChI is InChI=1S/C24H29N3O3/c1-18-5-7-19(8-6-18)17-26-13-3-14-27(24(26)29)21-11-9-20(10-12-21)23(28)25-16-22-4-2-15-30-22/h5-12,22H,2-4,13-17H2,1H3,(H,25,28). The van der Waals surface area contributed by atoms with E-state index >= 15 is 0 Å². The molecule has 158 valence electrons. The first kappa shape index (κ1) is 20.4. The predicted molar refractivity (Wildman–Crippen MR) is 117 cm³/mol. The number of amides is 3. The Morgan fingerprint density at radius 2 is 1.83 bits per heavy atom. The lowest BCUT2D eigenvalue weighted by molar-refractivity contribution is 0.0858. The number of benzene rings is 2. The van der Waals surface area contributed by atoms with Crippen LogP contribution in [0.4, 0.5) is 10.5 Å². The van der Waals surface area contributed by atoms with Gasteiger partial charge in [0.15, 0.2) is 0 Å². The molecule has 1 N–H and O–H groups in total. The number of nitrogens with one attached hydrogen (secondary N) is 1. The molecule has 1 unspecified atom stereocenters. The van der Waals surface area contributed by atoms with Crippen LogP contribution in [0.3, 0.4) is 0 Å². The number of nitrogens with zero attached hydrogens (tertiary/aromatic N) is 2. The second-order valence-corrected chi connectivity index (χ2v) is 8.09. The fourth-order valence-corrected chi connectivity index (χ4v) is 3.99. The van der Waals surface area contributed by atoms with Crippen LogP contribution < -0.4 is 10.2 Å². The largest absolute Gasteiger partial charge is 0.376 e. The summed E-state index contributed by atoms with van der Waals surface area (Å²) in [5.74, 6) is -0.108. The highest BCUT2D eigenvalue weighted by Crippen LogP contribution is 2.22. The topological polar surface area (TPSA) is 61.9 Å². The van der Waals surface area contributed by atoms with Crippen LogP contribution in [0.1, 0.15) is 40.7 Å². The van der Waals surface area contributed by atoms with E-state index in [-0.39, 0.29) is 18.0 Å². The summed E-state index contributed by atoms with van der Waals surface area (Å²) < 4.78 is 5.54. The molecule has 0 aromatic heterocycles. The van der Waals surface area contributed by atoms with E-state index in [0.29, 0.717) is 25.2 Å². The quantitative estimate of drug-likeness (QED) is 0.794. The number of aryl methyl sites for hydroxylation is 1. The monoisotopic (exact) mass is 407 g/mol. The molecule has 6 nitrogen and oxygen atoms in total. The number of hydrogen-bond acceptors (Lipinski definition) is 3. The SMILES string of the molecule is Cc1ccc(CN2CCCN(c3ccc(C(=O)NCC4CCCO4)cc3)C2=O)cc1. The minimum atomic E-state index is -0.108. The molecule has 1 atom stereocenters. The maximum Gasteiger partial charge on any atom is 0.324 e. The molecule has 2 aromatic rings. The Bertz CT molecular complexity index is 874. The van der Waals surface area contributed by atoms with Gasteiger partial charge in [-0.15, -0.1) is 0 Å². The Labute approximate surface area is 177 Å². The van der Waals surface area contributed by atoms with Crippen molar-refractivity contribution in [2.45, 2.75) is 38.8 Å². The number of rotatable bonds is 6. The number of carbonyl (C=O) groups excluding carboxylic acids is 2. The van der Waals surface area contributed by atoms with E-state index in [4.69, 9.17) is 4.74 Å². The molecular weight excluding hydrogens is 378 g/mol. The van der Waals surface area contributed by atoms with E-state index in [9.17, 15) is 9.59 Å². The van der Waals surface area contributed by atoms with Crippen LogP contribution in [0.2, 0.25) is 0 Å². The normalized spacial score (nSPS) is 19.2. The molecule has 2 aromatic carbocycles. The predicted octanol–water partition coefficient (Wildman–Crippen LogP) is 3.74. The Balaban J connectivity index is 1.37. The molecule has 0 radical (unpaired) electrons. The lowest BCUT2D eigenvalue weighted by Crippen LogP contribution is -2.49. The molecular formula is C24H29N3O3. The fraction of sp³-hybridized carbons (Fsp3) is 0.417. The van der Waals surface area contributed by atoms with E-state index in [0.717, 1.165) is 43.7 Å². The highest BCUT2D eigenvalue weighted by molar-refractivity contribution is 5.96. The lowest BCUT2D eigenvalue weighted by atomic mass is 10.1. The summed E-state index contributed by atoms with van der Waals surface area (Å²) in [6, 6.07) is 15.6. The van der Waals surface area contributed by atoms with Gasteiger partial charge in [-0.25, -0.2) is 4.79 Å². The average molecular weight is 408 g/mol. The molecule has 0 saturated carbocycles. The Hall–Kier alpha value is -2.86. The first-order valence-electron chi connectivity index (χ1n) is 10.7. The molecule has 2 fully saturated rings. The van der Waals surface area contributed by atoms with Gasteiger partial charge in [-0.3, -0.25) is 9.69 Å². The van der Waals surface area contributed by atoms with Crippen molar-refractivity contribution < 1.29 is 14.3 Å². The smallest absolute Gasteiger partial charge is 0.324 e. The van der Waals surface area contributed by atoms with Gasteiger partial charge in [0.1, 0.15) is 0 Å². The number of urea groups is 1. The van der Waals surface area contributed by atoms with Crippen molar-refractivity contribution in [3.63, 3.8) is 0 Å². The van der Waals surface area contributed by atoms with Gasteiger partial charge in [0.05, 0.1) is 6.10 Å². The van der Waals surface area contributed by atoms with E-state index in [1.807, 2.05) is 17.0 Å². The first-order chi connectivity index (χ1) is 14.6. The summed E-state index contributed by atoms with van der Waals surface area (Å²) in [7, 11) is 0. The van der Waals surface area contributed by atoms with Gasteiger partial charge in [-0.2, -0.15) is 0 Å². The molecule has 0 spiro atoms. The minimum Gasteiger partial charge on any atom is -0.376 e. The van der Waals surface area contributed by atoms with Crippen LogP contribution >= 0.6 is 0 Å². The average Bonchev–Trinajstić information content (AvgIpc) is 3.29. The van der Waals surface area contributed by atoms with Gasteiger partial charge in [0.25, 0.3) is 5.91 Å². The van der Waals surface area contributed by atoms with Crippen molar-refractivity contribution in [3.8, 4) is 0 Å². The Kier molecular flexibility index (Phi) is 6.33. The van der Waals surface area contributed by atoms with Gasteiger partial charge in [-0.05, 0) is 56.0 Å². The van der Waals surface area contributed by atoms with Crippen molar-refractivity contribution in [2.24, 2.45) is 0 Å². The van der Waals surface area contributed by atoms with E-state index in [1.165, 1.54) is 5.56 Å². The van der Waals surface area contributed by atoms with Crippen LogP contribution in [0, 0.1) is 6.92 Å². The third kappa shape index (κ3) is 4.82. The molecule has 4 rings (SSSR count). The summed E-state index contributed by atoms with van der Waals surface area (Å²) in [5, 5.41) is 2.93. The molecule has 2 heterocycles. The van der Waals surface area contributed by atoms with Gasteiger partial charge >= 0.3 is 6.03 Å².